The molecule has 0 amide bonds. The second kappa shape index (κ2) is 8.14. The van der Waals surface area contributed by atoms with Gasteiger partial charge < -0.3 is 10.5 Å². The highest BCUT2D eigenvalue weighted by Gasteiger charge is 2.21. The van der Waals surface area contributed by atoms with E-state index in [-0.39, 0.29) is 0 Å². The number of aryl methyl sites for hydroxylation is 1. The van der Waals surface area contributed by atoms with E-state index in [2.05, 4.69) is 11.1 Å². The van der Waals surface area contributed by atoms with Gasteiger partial charge in [-0.3, -0.25) is 0 Å². The Kier molecular flexibility index (Phi) is 5.25. The normalized spacial score (nSPS) is 13.2. The third kappa shape index (κ3) is 3.70. The number of nitrogens with zero attached hydrogens (tertiary/aromatic N) is 2. The highest BCUT2D eigenvalue weighted by molar-refractivity contribution is 5.79. The number of nitrogen functional groups attached to an aromatic ring is 1. The van der Waals surface area contributed by atoms with Crippen LogP contribution in [0.2, 0.25) is 0 Å². The Balaban J connectivity index is 1.73. The van der Waals surface area contributed by atoms with Crippen molar-refractivity contribution < 1.29 is 4.74 Å². The van der Waals surface area contributed by atoms with Crippen molar-refractivity contribution in [1.82, 2.24) is 4.98 Å². The summed E-state index contributed by atoms with van der Waals surface area (Å²) in [5.74, 6) is 1.11. The molecule has 0 aliphatic heterocycles. The van der Waals surface area contributed by atoms with E-state index < -0.39 is 0 Å². The van der Waals surface area contributed by atoms with Gasteiger partial charge in [0, 0.05) is 11.3 Å². The van der Waals surface area contributed by atoms with Crippen LogP contribution in [0.1, 0.15) is 41.6 Å². The monoisotopic (exact) mass is 369 g/mol. The molecule has 0 unspecified atom stereocenters. The second-order valence-electron chi connectivity index (χ2n) is 7.15. The first kappa shape index (κ1) is 18.1. The third-order valence-corrected chi connectivity index (χ3v) is 5.23. The van der Waals surface area contributed by atoms with Crippen LogP contribution in [0.3, 0.4) is 0 Å². The molecule has 0 fully saturated rings. The van der Waals surface area contributed by atoms with Gasteiger partial charge in [0.1, 0.15) is 29.8 Å². The van der Waals surface area contributed by atoms with Crippen LogP contribution in [0.15, 0.2) is 54.6 Å². The molecular formula is C24H23N3O. The molecule has 4 rings (SSSR count). The van der Waals surface area contributed by atoms with Crippen molar-refractivity contribution in [2.45, 2.75) is 38.7 Å². The van der Waals surface area contributed by atoms with Gasteiger partial charge in [-0.1, -0.05) is 48.9 Å². The number of aromatic nitrogens is 1. The largest absolute Gasteiger partial charge is 0.489 e. The molecule has 1 heterocycles. The van der Waals surface area contributed by atoms with Gasteiger partial charge >= 0.3 is 0 Å². The van der Waals surface area contributed by atoms with Crippen LogP contribution in [-0.2, 0) is 19.4 Å². The lowest BCUT2D eigenvalue weighted by atomic mass is 9.91. The fraction of sp³-hybridized carbons (Fsp3) is 0.250. The molecule has 0 saturated heterocycles. The molecule has 1 aromatic heterocycles. The molecule has 0 spiro atoms. The van der Waals surface area contributed by atoms with Crippen molar-refractivity contribution >= 4 is 5.82 Å². The van der Waals surface area contributed by atoms with Crippen molar-refractivity contribution in [2.24, 2.45) is 0 Å². The number of anilines is 1. The second-order valence-corrected chi connectivity index (χ2v) is 7.15. The van der Waals surface area contributed by atoms with E-state index >= 15 is 0 Å². The molecule has 0 bridgehead atoms. The first-order chi connectivity index (χ1) is 13.8. The zero-order valence-electron chi connectivity index (χ0n) is 15.8. The van der Waals surface area contributed by atoms with Crippen molar-refractivity contribution in [2.75, 3.05) is 5.73 Å². The molecule has 0 radical (unpaired) electrons. The Morgan fingerprint density at radius 2 is 1.82 bits per heavy atom. The van der Waals surface area contributed by atoms with Crippen LogP contribution in [0, 0.1) is 11.3 Å². The van der Waals surface area contributed by atoms with Crippen LogP contribution in [-0.4, -0.2) is 4.98 Å². The number of rotatable bonds is 4. The summed E-state index contributed by atoms with van der Waals surface area (Å²) in [7, 11) is 0. The molecule has 4 nitrogen and oxygen atoms in total. The van der Waals surface area contributed by atoms with E-state index in [1.54, 1.807) is 0 Å². The average molecular weight is 369 g/mol. The Bertz CT molecular complexity index is 1020. The quantitative estimate of drug-likeness (QED) is 0.653. The maximum atomic E-state index is 9.75. The first-order valence-electron chi connectivity index (χ1n) is 9.75. The molecule has 4 heteroatoms. The summed E-state index contributed by atoms with van der Waals surface area (Å²) < 4.78 is 6.00. The lowest BCUT2D eigenvalue weighted by Crippen LogP contribution is -2.07. The van der Waals surface area contributed by atoms with E-state index in [1.165, 1.54) is 12.0 Å². The molecule has 2 N–H and O–H groups in total. The number of fused-ring (bicyclic) bond motifs is 1. The SMILES string of the molecule is N#Cc1c(N)nc2c(c1-c1cccc(OCc3ccccc3)c1)CCCCC2. The fourth-order valence-corrected chi connectivity index (χ4v) is 3.85. The number of nitrogens with two attached hydrogens (primary N) is 1. The molecule has 1 aliphatic carbocycles. The van der Waals surface area contributed by atoms with E-state index in [4.69, 9.17) is 10.5 Å². The Morgan fingerprint density at radius 3 is 2.64 bits per heavy atom. The van der Waals surface area contributed by atoms with Gasteiger partial charge in [-0.15, -0.1) is 0 Å². The van der Waals surface area contributed by atoms with Crippen molar-refractivity contribution in [3.63, 3.8) is 0 Å². The Labute approximate surface area is 165 Å². The van der Waals surface area contributed by atoms with Crippen molar-refractivity contribution in [1.29, 1.82) is 5.26 Å². The molecule has 0 atom stereocenters. The molecule has 0 saturated carbocycles. The van der Waals surface area contributed by atoms with Crippen LogP contribution >= 0.6 is 0 Å². The smallest absolute Gasteiger partial charge is 0.142 e. The number of hydrogen-bond donors (Lipinski definition) is 1. The van der Waals surface area contributed by atoms with E-state index in [0.717, 1.165) is 53.8 Å². The predicted octanol–water partition coefficient (Wildman–Crippen LogP) is 5.05. The van der Waals surface area contributed by atoms with E-state index in [1.807, 2.05) is 54.6 Å². The zero-order valence-corrected chi connectivity index (χ0v) is 15.8. The minimum absolute atomic E-state index is 0.328. The number of benzene rings is 2. The van der Waals surface area contributed by atoms with Gasteiger partial charge in [0.05, 0.1) is 0 Å². The van der Waals surface area contributed by atoms with Crippen molar-refractivity contribution in [3.8, 4) is 22.9 Å². The number of hydrogen-bond acceptors (Lipinski definition) is 4. The Morgan fingerprint density at radius 1 is 1.00 bits per heavy atom. The third-order valence-electron chi connectivity index (χ3n) is 5.23. The molecule has 2 aromatic carbocycles. The topological polar surface area (TPSA) is 71.9 Å². The summed E-state index contributed by atoms with van der Waals surface area (Å²) in [5, 5.41) is 9.75. The molecule has 1 aliphatic rings. The summed E-state index contributed by atoms with van der Waals surface area (Å²) in [5.41, 5.74) is 11.8. The number of pyridine rings is 1. The van der Waals surface area contributed by atoms with Crippen LogP contribution in [0.5, 0.6) is 5.75 Å². The molecule has 140 valence electrons. The van der Waals surface area contributed by atoms with Gasteiger partial charge in [-0.05, 0) is 54.5 Å². The highest BCUT2D eigenvalue weighted by atomic mass is 16.5. The Hall–Kier alpha value is -3.32. The van der Waals surface area contributed by atoms with Gasteiger partial charge in [0.25, 0.3) is 0 Å². The summed E-state index contributed by atoms with van der Waals surface area (Å²) in [6, 6.07) is 20.3. The summed E-state index contributed by atoms with van der Waals surface area (Å²) in [6.07, 6.45) is 5.26. The lowest BCUT2D eigenvalue weighted by molar-refractivity contribution is 0.306. The molecule has 3 aromatic rings. The summed E-state index contributed by atoms with van der Waals surface area (Å²) in [4.78, 5) is 4.55. The average Bonchev–Trinajstić information content (AvgIpc) is 2.97. The van der Waals surface area contributed by atoms with Gasteiger partial charge in [0.15, 0.2) is 0 Å². The number of ether oxygens (including phenoxy) is 1. The molecular weight excluding hydrogens is 346 g/mol. The predicted molar refractivity (Wildman–Crippen MR) is 111 cm³/mol. The maximum absolute atomic E-state index is 9.75. The molecule has 28 heavy (non-hydrogen) atoms. The summed E-state index contributed by atoms with van der Waals surface area (Å²) in [6.45, 7) is 0.506. The van der Waals surface area contributed by atoms with Gasteiger partial charge in [0.2, 0.25) is 0 Å². The lowest BCUT2D eigenvalue weighted by Gasteiger charge is -2.16. The van der Waals surface area contributed by atoms with Crippen LogP contribution in [0.25, 0.3) is 11.1 Å². The highest BCUT2D eigenvalue weighted by Crippen LogP contribution is 2.36. The summed E-state index contributed by atoms with van der Waals surface area (Å²) >= 11 is 0. The first-order valence-corrected chi connectivity index (χ1v) is 9.75. The van der Waals surface area contributed by atoms with Gasteiger partial charge in [-0.2, -0.15) is 5.26 Å². The van der Waals surface area contributed by atoms with Crippen LogP contribution in [0.4, 0.5) is 5.82 Å². The minimum atomic E-state index is 0.328. The van der Waals surface area contributed by atoms with Crippen LogP contribution < -0.4 is 10.5 Å². The number of nitriles is 1. The minimum Gasteiger partial charge on any atom is -0.489 e. The van der Waals surface area contributed by atoms with E-state index in [0.29, 0.717) is 18.0 Å². The van der Waals surface area contributed by atoms with Gasteiger partial charge in [-0.25, -0.2) is 4.98 Å². The zero-order chi connectivity index (χ0) is 19.3. The maximum Gasteiger partial charge on any atom is 0.142 e. The fourth-order valence-electron chi connectivity index (χ4n) is 3.85. The standard InChI is InChI=1S/C24H23N3O/c25-15-21-23(20-12-5-2-6-13-22(20)27-24(21)26)18-10-7-11-19(14-18)28-16-17-8-3-1-4-9-17/h1,3-4,7-11,14H,2,5-6,12-13,16H2,(H2,26,27). The van der Waals surface area contributed by atoms with Crippen molar-refractivity contribution in [3.05, 3.63) is 77.0 Å². The van der Waals surface area contributed by atoms with E-state index in [9.17, 15) is 5.26 Å².